The molecule has 0 bridgehead atoms. The van der Waals surface area contributed by atoms with Crippen LogP contribution in [0.1, 0.15) is 50.2 Å². The first kappa shape index (κ1) is 15.5. The maximum absolute atomic E-state index is 12.6. The highest BCUT2D eigenvalue weighted by molar-refractivity contribution is 5.76. The van der Waals surface area contributed by atoms with Gasteiger partial charge >= 0.3 is 0 Å². The van der Waals surface area contributed by atoms with E-state index in [1.54, 1.807) is 0 Å². The molecule has 1 unspecified atom stereocenters. The van der Waals surface area contributed by atoms with Gasteiger partial charge in [0.1, 0.15) is 0 Å². The fourth-order valence-corrected chi connectivity index (χ4v) is 4.11. The van der Waals surface area contributed by atoms with Crippen LogP contribution >= 0.6 is 0 Å². The molecule has 2 heterocycles. The molecule has 1 aromatic carbocycles. The molecule has 1 fully saturated rings. The summed E-state index contributed by atoms with van der Waals surface area (Å²) in [6, 6.07) is 8.69. The molecule has 2 aliphatic heterocycles. The van der Waals surface area contributed by atoms with Crippen LogP contribution in [-0.2, 0) is 17.8 Å². The maximum Gasteiger partial charge on any atom is 0.222 e. The van der Waals surface area contributed by atoms with Gasteiger partial charge in [0.05, 0.1) is 0 Å². The Labute approximate surface area is 134 Å². The van der Waals surface area contributed by atoms with Crippen LogP contribution in [0.4, 0.5) is 0 Å². The van der Waals surface area contributed by atoms with Crippen LogP contribution in [0.25, 0.3) is 0 Å². The Morgan fingerprint density at radius 3 is 2.73 bits per heavy atom. The van der Waals surface area contributed by atoms with Crippen molar-refractivity contribution >= 4 is 5.91 Å². The summed E-state index contributed by atoms with van der Waals surface area (Å²) < 4.78 is 0. The molecule has 1 spiro atoms. The molecule has 1 aromatic rings. The molecule has 120 valence electrons. The number of fused-ring (bicyclic) bond motifs is 1. The van der Waals surface area contributed by atoms with Gasteiger partial charge in [-0.25, -0.2) is 0 Å². The van der Waals surface area contributed by atoms with Gasteiger partial charge in [-0.05, 0) is 50.4 Å². The number of likely N-dealkylation sites (N-methyl/N-ethyl adjacent to an activating group) is 1. The molecule has 0 aromatic heterocycles. The van der Waals surface area contributed by atoms with E-state index in [9.17, 15) is 4.79 Å². The van der Waals surface area contributed by atoms with Crippen LogP contribution < -0.4 is 0 Å². The normalized spacial score (nSPS) is 25.8. The molecule has 1 atom stereocenters. The minimum atomic E-state index is 0.133. The van der Waals surface area contributed by atoms with Gasteiger partial charge in [0.15, 0.2) is 0 Å². The molecule has 22 heavy (non-hydrogen) atoms. The van der Waals surface area contributed by atoms with Gasteiger partial charge < -0.3 is 4.90 Å². The van der Waals surface area contributed by atoms with Gasteiger partial charge in [-0.15, -0.1) is 0 Å². The summed E-state index contributed by atoms with van der Waals surface area (Å²) >= 11 is 0. The van der Waals surface area contributed by atoms with Crippen molar-refractivity contribution in [2.24, 2.45) is 0 Å². The predicted molar refractivity (Wildman–Crippen MR) is 89.7 cm³/mol. The molecule has 0 saturated carbocycles. The van der Waals surface area contributed by atoms with Crippen LogP contribution in [-0.4, -0.2) is 41.4 Å². The number of piperidine rings is 1. The lowest BCUT2D eigenvalue weighted by atomic mass is 9.81. The first-order chi connectivity index (χ1) is 10.6. The molecule has 1 amide bonds. The lowest BCUT2D eigenvalue weighted by molar-refractivity contribution is -0.134. The van der Waals surface area contributed by atoms with E-state index in [0.29, 0.717) is 12.3 Å². The minimum Gasteiger partial charge on any atom is -0.336 e. The summed E-state index contributed by atoms with van der Waals surface area (Å²) in [5.41, 5.74) is 2.90. The van der Waals surface area contributed by atoms with E-state index in [4.69, 9.17) is 0 Å². The van der Waals surface area contributed by atoms with E-state index in [2.05, 4.69) is 48.0 Å². The van der Waals surface area contributed by atoms with Crippen molar-refractivity contribution in [3.63, 3.8) is 0 Å². The number of benzene rings is 1. The maximum atomic E-state index is 12.6. The number of hydrogen-bond donors (Lipinski definition) is 0. The zero-order valence-electron chi connectivity index (χ0n) is 14.0. The number of amides is 1. The van der Waals surface area contributed by atoms with E-state index >= 15 is 0 Å². The van der Waals surface area contributed by atoms with Crippen molar-refractivity contribution in [3.05, 3.63) is 35.4 Å². The van der Waals surface area contributed by atoms with Crippen LogP contribution in [0.5, 0.6) is 0 Å². The zero-order valence-corrected chi connectivity index (χ0v) is 14.0. The van der Waals surface area contributed by atoms with Crippen molar-refractivity contribution in [1.82, 2.24) is 9.80 Å². The SMILES string of the molecule is CCCC(=O)N1Cc2ccccc2CC2(CCCCN2C)C1. The third kappa shape index (κ3) is 2.91. The third-order valence-electron chi connectivity index (χ3n) is 5.50. The second-order valence-corrected chi connectivity index (χ2v) is 7.05. The van der Waals surface area contributed by atoms with Crippen molar-refractivity contribution in [2.75, 3.05) is 20.1 Å². The summed E-state index contributed by atoms with van der Waals surface area (Å²) in [6.07, 6.45) is 6.44. The Morgan fingerprint density at radius 2 is 2.00 bits per heavy atom. The Morgan fingerprint density at radius 1 is 1.23 bits per heavy atom. The molecule has 1 saturated heterocycles. The van der Waals surface area contributed by atoms with E-state index in [1.165, 1.54) is 30.4 Å². The molecule has 3 nitrogen and oxygen atoms in total. The lowest BCUT2D eigenvalue weighted by Crippen LogP contribution is -2.57. The van der Waals surface area contributed by atoms with Gasteiger partial charge in [-0.1, -0.05) is 37.6 Å². The lowest BCUT2D eigenvalue weighted by Gasteiger charge is -2.47. The van der Waals surface area contributed by atoms with E-state index < -0.39 is 0 Å². The van der Waals surface area contributed by atoms with Gasteiger partial charge in [-0.3, -0.25) is 9.69 Å². The second kappa shape index (κ2) is 6.41. The average Bonchev–Trinajstić information content (AvgIpc) is 2.68. The summed E-state index contributed by atoms with van der Waals surface area (Å²) in [5, 5.41) is 0. The Hall–Kier alpha value is -1.35. The fourth-order valence-electron chi connectivity index (χ4n) is 4.11. The average molecular weight is 300 g/mol. The first-order valence-electron chi connectivity index (χ1n) is 8.70. The summed E-state index contributed by atoms with van der Waals surface area (Å²) in [7, 11) is 2.25. The summed E-state index contributed by atoms with van der Waals surface area (Å²) in [5.74, 6) is 0.317. The van der Waals surface area contributed by atoms with Crippen LogP contribution in [0.2, 0.25) is 0 Å². The third-order valence-corrected chi connectivity index (χ3v) is 5.50. The first-order valence-corrected chi connectivity index (χ1v) is 8.70. The van der Waals surface area contributed by atoms with Gasteiger partial charge in [0.2, 0.25) is 5.91 Å². The number of nitrogens with zero attached hydrogens (tertiary/aromatic N) is 2. The molecule has 2 aliphatic rings. The summed E-state index contributed by atoms with van der Waals surface area (Å²) in [6.45, 7) is 4.91. The molecule has 0 radical (unpaired) electrons. The van der Waals surface area contributed by atoms with Crippen LogP contribution in [0, 0.1) is 0 Å². The monoisotopic (exact) mass is 300 g/mol. The van der Waals surface area contributed by atoms with Crippen molar-refractivity contribution in [1.29, 1.82) is 0 Å². The highest BCUT2D eigenvalue weighted by Crippen LogP contribution is 2.35. The highest BCUT2D eigenvalue weighted by atomic mass is 16.2. The van der Waals surface area contributed by atoms with Crippen molar-refractivity contribution in [2.45, 2.75) is 57.5 Å². The highest BCUT2D eigenvalue weighted by Gasteiger charge is 2.41. The molecule has 0 N–H and O–H groups in total. The molecular formula is C19H28N2O. The number of carbonyl (C=O) groups is 1. The molecule has 3 rings (SSSR count). The Kier molecular flexibility index (Phi) is 4.53. The molecule has 3 heteroatoms. The van der Waals surface area contributed by atoms with Crippen LogP contribution in [0.3, 0.4) is 0 Å². The molecular weight excluding hydrogens is 272 g/mol. The topological polar surface area (TPSA) is 23.6 Å². The largest absolute Gasteiger partial charge is 0.336 e. The van der Waals surface area contributed by atoms with Crippen LogP contribution in [0.15, 0.2) is 24.3 Å². The standard InChI is InChI=1S/C19H28N2O/c1-3-8-18(22)21-14-17-10-5-4-9-16(17)13-19(15-21)11-6-7-12-20(19)2/h4-5,9-10H,3,6-8,11-15H2,1-2H3. The van der Waals surface area contributed by atoms with Gasteiger partial charge in [0, 0.05) is 25.0 Å². The smallest absolute Gasteiger partial charge is 0.222 e. The number of carbonyl (C=O) groups excluding carboxylic acids is 1. The number of rotatable bonds is 2. The number of likely N-dealkylation sites (tertiary alicyclic amines) is 1. The van der Waals surface area contributed by atoms with Crippen molar-refractivity contribution in [3.8, 4) is 0 Å². The zero-order chi connectivity index (χ0) is 15.6. The van der Waals surface area contributed by atoms with E-state index in [0.717, 1.165) is 32.5 Å². The Balaban J connectivity index is 1.96. The predicted octanol–water partition coefficient (Wildman–Crippen LogP) is 3.23. The van der Waals surface area contributed by atoms with E-state index in [1.807, 2.05) is 0 Å². The second-order valence-electron chi connectivity index (χ2n) is 7.05. The van der Waals surface area contributed by atoms with Gasteiger partial charge in [-0.2, -0.15) is 0 Å². The molecule has 0 aliphatic carbocycles. The van der Waals surface area contributed by atoms with Crippen molar-refractivity contribution < 1.29 is 4.79 Å². The van der Waals surface area contributed by atoms with E-state index in [-0.39, 0.29) is 5.54 Å². The minimum absolute atomic E-state index is 0.133. The fraction of sp³-hybridized carbons (Fsp3) is 0.632. The summed E-state index contributed by atoms with van der Waals surface area (Å²) in [4.78, 5) is 17.2. The number of hydrogen-bond acceptors (Lipinski definition) is 2. The quantitative estimate of drug-likeness (QED) is 0.837. The van der Waals surface area contributed by atoms with Gasteiger partial charge in [0.25, 0.3) is 0 Å². The Bertz CT molecular complexity index is 542.